The molecule has 3 N–H and O–H groups in total. The van der Waals surface area contributed by atoms with Crippen molar-refractivity contribution in [1.82, 2.24) is 5.43 Å². The van der Waals surface area contributed by atoms with E-state index in [-0.39, 0.29) is 16.4 Å². The Morgan fingerprint density at radius 2 is 2.04 bits per heavy atom. The maximum Gasteiger partial charge on any atom is 0.285 e. The van der Waals surface area contributed by atoms with Crippen molar-refractivity contribution in [2.24, 2.45) is 5.10 Å². The highest BCUT2D eigenvalue weighted by atomic mass is 32.1. The molecule has 3 rings (SSSR count). The van der Waals surface area contributed by atoms with Crippen LogP contribution in [0.4, 0.5) is 0 Å². The van der Waals surface area contributed by atoms with E-state index in [1.54, 1.807) is 24.3 Å². The van der Waals surface area contributed by atoms with Gasteiger partial charge in [0.2, 0.25) is 0 Å². The third-order valence-electron chi connectivity index (χ3n) is 3.38. The Morgan fingerprint density at radius 1 is 1.25 bits per heavy atom. The van der Waals surface area contributed by atoms with Gasteiger partial charge in [0.15, 0.2) is 0 Å². The molecule has 7 heteroatoms. The molecule has 0 saturated carbocycles. The van der Waals surface area contributed by atoms with Gasteiger partial charge in [-0.15, -0.1) is 11.3 Å². The zero-order valence-electron chi connectivity index (χ0n) is 12.7. The third kappa shape index (κ3) is 3.02. The van der Waals surface area contributed by atoms with Crippen molar-refractivity contribution in [1.29, 1.82) is 0 Å². The number of fused-ring (bicyclic) bond motifs is 1. The summed E-state index contributed by atoms with van der Waals surface area (Å²) in [5.74, 6) is -0.0129. The number of nitrogens with zero attached hydrogens (tertiary/aromatic N) is 1. The Hall–Kier alpha value is -3.06. The fourth-order valence-electron chi connectivity index (χ4n) is 2.16. The maximum atomic E-state index is 12.2. The third-order valence-corrected chi connectivity index (χ3v) is 4.54. The molecule has 0 unspecified atom stereocenters. The zero-order chi connectivity index (χ0) is 17.1. The molecule has 122 valence electrons. The highest BCUT2D eigenvalue weighted by Gasteiger charge is 2.17. The Bertz CT molecular complexity index is 933. The summed E-state index contributed by atoms with van der Waals surface area (Å²) < 4.78 is 5.88. The van der Waals surface area contributed by atoms with Gasteiger partial charge in [0.1, 0.15) is 22.1 Å². The number of ether oxygens (including phenoxy) is 1. The molecule has 0 bridgehead atoms. The highest BCUT2D eigenvalue weighted by molar-refractivity contribution is 7.21. The summed E-state index contributed by atoms with van der Waals surface area (Å²) in [4.78, 5) is 12.4. The number of carbonyl (C=O) groups excluding carboxylic acids is 1. The van der Waals surface area contributed by atoms with Crippen molar-refractivity contribution in [2.45, 2.75) is 0 Å². The lowest BCUT2D eigenvalue weighted by Crippen LogP contribution is -2.16. The Morgan fingerprint density at radius 3 is 2.79 bits per heavy atom. The predicted molar refractivity (Wildman–Crippen MR) is 93.2 cm³/mol. The second-order valence-electron chi connectivity index (χ2n) is 4.90. The lowest BCUT2D eigenvalue weighted by atomic mass is 10.2. The quantitative estimate of drug-likeness (QED) is 0.502. The normalized spacial score (nSPS) is 11.0. The second-order valence-corrected chi connectivity index (χ2v) is 5.95. The van der Waals surface area contributed by atoms with Crippen LogP contribution in [0.25, 0.3) is 10.1 Å². The van der Waals surface area contributed by atoms with Gasteiger partial charge in [-0.3, -0.25) is 4.79 Å². The van der Waals surface area contributed by atoms with Crippen LogP contribution in [-0.2, 0) is 0 Å². The van der Waals surface area contributed by atoms with Crippen molar-refractivity contribution in [3.05, 3.63) is 52.9 Å². The first-order valence-corrected chi connectivity index (χ1v) is 7.82. The predicted octanol–water partition coefficient (Wildman–Crippen LogP) is 3.09. The van der Waals surface area contributed by atoms with Gasteiger partial charge in [0.05, 0.1) is 13.3 Å². The molecule has 2 aromatic carbocycles. The summed E-state index contributed by atoms with van der Waals surface area (Å²) in [6, 6.07) is 11.9. The molecule has 6 nitrogen and oxygen atoms in total. The van der Waals surface area contributed by atoms with E-state index in [2.05, 4.69) is 10.5 Å². The summed E-state index contributed by atoms with van der Waals surface area (Å²) in [5, 5.41) is 24.3. The van der Waals surface area contributed by atoms with Crippen molar-refractivity contribution in [3.63, 3.8) is 0 Å². The fourth-order valence-corrected chi connectivity index (χ4v) is 3.15. The minimum atomic E-state index is -0.521. The number of benzene rings is 2. The minimum absolute atomic E-state index is 0.0125. The van der Waals surface area contributed by atoms with E-state index in [1.807, 2.05) is 12.1 Å². The molecular weight excluding hydrogens is 328 g/mol. The fraction of sp³-hybridized carbons (Fsp3) is 0.0588. The standard InChI is InChI=1S/C17H14N2O4S/c1-23-11-6-7-13(20)10(8-11)9-18-19-17(22)16-15(21)12-4-2-3-5-14(12)24-16/h2-9,20-21H,1H3,(H,19,22)/b18-9+. The average Bonchev–Trinajstić information content (AvgIpc) is 2.94. The molecule has 24 heavy (non-hydrogen) atoms. The summed E-state index contributed by atoms with van der Waals surface area (Å²) in [6.45, 7) is 0. The maximum absolute atomic E-state index is 12.2. The topological polar surface area (TPSA) is 91.2 Å². The Kier molecular flexibility index (Phi) is 4.35. The molecule has 0 spiro atoms. The molecule has 0 fully saturated rings. The van der Waals surface area contributed by atoms with Crippen LogP contribution in [0, 0.1) is 0 Å². The van der Waals surface area contributed by atoms with Crippen LogP contribution in [0.1, 0.15) is 15.2 Å². The van der Waals surface area contributed by atoms with E-state index in [9.17, 15) is 15.0 Å². The summed E-state index contributed by atoms with van der Waals surface area (Å²) >= 11 is 1.18. The number of thiophene rings is 1. The van der Waals surface area contributed by atoms with Crippen LogP contribution < -0.4 is 10.2 Å². The van der Waals surface area contributed by atoms with Crippen LogP contribution in [0.3, 0.4) is 0 Å². The van der Waals surface area contributed by atoms with Gasteiger partial charge in [-0.2, -0.15) is 5.10 Å². The number of aromatic hydroxyl groups is 2. The van der Waals surface area contributed by atoms with Crippen LogP contribution in [0.2, 0.25) is 0 Å². The number of amides is 1. The van der Waals surface area contributed by atoms with Gasteiger partial charge >= 0.3 is 0 Å². The minimum Gasteiger partial charge on any atom is -0.507 e. The Labute approximate surface area is 141 Å². The number of hydrazone groups is 1. The number of hydrogen-bond donors (Lipinski definition) is 3. The van der Waals surface area contributed by atoms with E-state index >= 15 is 0 Å². The first-order valence-electron chi connectivity index (χ1n) is 7.01. The first-order chi connectivity index (χ1) is 11.6. The largest absolute Gasteiger partial charge is 0.507 e. The lowest BCUT2D eigenvalue weighted by Gasteiger charge is -2.03. The van der Waals surface area contributed by atoms with E-state index in [0.29, 0.717) is 16.7 Å². The van der Waals surface area contributed by atoms with Crippen molar-refractivity contribution >= 4 is 33.5 Å². The zero-order valence-corrected chi connectivity index (χ0v) is 13.5. The van der Waals surface area contributed by atoms with Crippen LogP contribution in [-0.4, -0.2) is 29.4 Å². The summed E-state index contributed by atoms with van der Waals surface area (Å²) in [5.41, 5.74) is 2.74. The van der Waals surface area contributed by atoms with Gasteiger partial charge < -0.3 is 14.9 Å². The average molecular weight is 342 g/mol. The molecule has 1 heterocycles. The number of carbonyl (C=O) groups is 1. The summed E-state index contributed by atoms with van der Waals surface area (Å²) in [7, 11) is 1.51. The number of nitrogens with one attached hydrogen (secondary N) is 1. The molecule has 0 radical (unpaired) electrons. The molecule has 1 amide bonds. The molecule has 3 aromatic rings. The van der Waals surface area contributed by atoms with Gasteiger partial charge in [-0.25, -0.2) is 5.43 Å². The van der Waals surface area contributed by atoms with E-state index < -0.39 is 5.91 Å². The van der Waals surface area contributed by atoms with Gasteiger partial charge in [-0.05, 0) is 30.3 Å². The second kappa shape index (κ2) is 6.59. The smallest absolute Gasteiger partial charge is 0.285 e. The van der Waals surface area contributed by atoms with Crippen LogP contribution in [0.5, 0.6) is 17.2 Å². The van der Waals surface area contributed by atoms with Gasteiger partial charge in [0, 0.05) is 15.6 Å². The van der Waals surface area contributed by atoms with E-state index in [4.69, 9.17) is 4.74 Å². The Balaban J connectivity index is 1.78. The SMILES string of the molecule is COc1ccc(O)c(/C=N/NC(=O)c2sc3ccccc3c2O)c1. The van der Waals surface area contributed by atoms with Crippen LogP contribution in [0.15, 0.2) is 47.6 Å². The van der Waals surface area contributed by atoms with Crippen molar-refractivity contribution < 1.29 is 19.7 Å². The number of hydrogen-bond acceptors (Lipinski definition) is 6. The van der Waals surface area contributed by atoms with Crippen molar-refractivity contribution in [3.8, 4) is 17.2 Å². The first kappa shape index (κ1) is 15.8. The molecule has 0 atom stereocenters. The summed E-state index contributed by atoms with van der Waals surface area (Å²) in [6.07, 6.45) is 1.31. The van der Waals surface area contributed by atoms with E-state index in [0.717, 1.165) is 4.70 Å². The van der Waals surface area contributed by atoms with Crippen molar-refractivity contribution in [2.75, 3.05) is 7.11 Å². The number of phenolic OH excluding ortho intramolecular Hbond substituents is 1. The number of methoxy groups -OCH3 is 1. The molecule has 0 aliphatic heterocycles. The lowest BCUT2D eigenvalue weighted by molar-refractivity contribution is 0.0957. The molecule has 0 saturated heterocycles. The molecule has 0 aliphatic rings. The molecule has 1 aromatic heterocycles. The van der Waals surface area contributed by atoms with Crippen LogP contribution >= 0.6 is 11.3 Å². The number of phenols is 1. The monoisotopic (exact) mass is 342 g/mol. The number of rotatable bonds is 4. The van der Waals surface area contributed by atoms with Gasteiger partial charge in [-0.1, -0.05) is 12.1 Å². The highest BCUT2D eigenvalue weighted by Crippen LogP contribution is 2.36. The van der Waals surface area contributed by atoms with E-state index in [1.165, 1.54) is 30.7 Å². The molecule has 0 aliphatic carbocycles. The van der Waals surface area contributed by atoms with Gasteiger partial charge in [0.25, 0.3) is 5.91 Å². The molecular formula is C17H14N2O4S.